The number of anilines is 1. The van der Waals surface area contributed by atoms with Crippen molar-refractivity contribution in [1.29, 1.82) is 0 Å². The number of unbranched alkanes of at least 4 members (excludes halogenated alkanes) is 2. The first-order valence-electron chi connectivity index (χ1n) is 23.5. The Morgan fingerprint density at radius 3 is 2.22 bits per heavy atom. The zero-order valence-electron chi connectivity index (χ0n) is 40.4. The average Bonchev–Trinajstić information content (AvgIpc) is 3.73. The lowest BCUT2D eigenvalue weighted by Crippen LogP contribution is -2.46. The van der Waals surface area contributed by atoms with E-state index in [1.54, 1.807) is 13.2 Å². The van der Waals surface area contributed by atoms with Crippen molar-refractivity contribution >= 4 is 61.9 Å². The lowest BCUT2D eigenvalue weighted by Gasteiger charge is -2.44. The van der Waals surface area contributed by atoms with E-state index in [0.717, 1.165) is 44.9 Å². The van der Waals surface area contributed by atoms with Crippen molar-refractivity contribution in [3.05, 3.63) is 113 Å². The number of benzene rings is 3. The SMILES string of the molecule is COCCOCCOCCOCCN1c2cc3c(cc2C(C)=CC1(C)C)/C(=C/C=C/C1=[N+](CCCCCC(=O)ON2C(=O)CCC2=O)c2ccc(S(=O)(=O)[O-])cc2C1(C)C)C=C(c1ccccc1)O3. The Balaban J connectivity index is 1.14. The molecule has 0 atom stereocenters. The number of methoxy groups -OCH3 is 1. The van der Waals surface area contributed by atoms with E-state index >= 15 is 0 Å². The van der Waals surface area contributed by atoms with Crippen LogP contribution >= 0.6 is 0 Å². The first-order valence-corrected chi connectivity index (χ1v) is 24.9. The van der Waals surface area contributed by atoms with Crippen molar-refractivity contribution in [3.63, 3.8) is 0 Å². The quantitative estimate of drug-likeness (QED) is 0.0389. The van der Waals surface area contributed by atoms with Crippen LogP contribution in [0.5, 0.6) is 5.75 Å². The van der Waals surface area contributed by atoms with Crippen molar-refractivity contribution in [2.45, 2.75) is 89.0 Å². The molecule has 15 nitrogen and oxygen atoms in total. The highest BCUT2D eigenvalue weighted by Crippen LogP contribution is 2.47. The number of imide groups is 1. The minimum atomic E-state index is -4.72. The normalized spacial score (nSPS) is 17.8. The zero-order chi connectivity index (χ0) is 49.3. The minimum Gasteiger partial charge on any atom is -0.744 e. The third-order valence-electron chi connectivity index (χ3n) is 12.7. The standard InChI is InChI=1S/C53H63N3O12S/c1-37-36-52(2,3)55(24-25-64-28-29-66-31-30-65-27-26-63-6)45-35-47-42(34-41(37)45)39(32-46(67-47)38-14-9-7-10-15-38)16-13-17-48-53(4,5)43-33-40(69(60,61)62)19-20-44(43)54(48)23-12-8-11-18-51(59)68-56-49(57)21-22-50(56)58/h7,9-10,13-17,19-20,32-36H,8,11-12,18,21-31H2,1-6H3. The van der Waals surface area contributed by atoms with E-state index < -0.39 is 33.3 Å². The molecule has 69 heavy (non-hydrogen) atoms. The molecule has 3 aromatic rings. The monoisotopic (exact) mass is 965 g/mol. The third kappa shape index (κ3) is 12.2. The Kier molecular flexibility index (Phi) is 16.5. The molecule has 0 aromatic heterocycles. The van der Waals surface area contributed by atoms with Gasteiger partial charge in [-0.1, -0.05) is 48.6 Å². The van der Waals surface area contributed by atoms with Gasteiger partial charge < -0.3 is 38.0 Å². The number of fused-ring (bicyclic) bond motifs is 3. The molecule has 1 fully saturated rings. The van der Waals surface area contributed by atoms with Crippen LogP contribution in [0.4, 0.5) is 11.4 Å². The van der Waals surface area contributed by atoms with Gasteiger partial charge in [0.05, 0.1) is 62.1 Å². The van der Waals surface area contributed by atoms with Gasteiger partial charge in [0, 0.05) is 85.5 Å². The number of carbonyl (C=O) groups is 3. The molecule has 4 aliphatic rings. The highest BCUT2D eigenvalue weighted by Gasteiger charge is 2.44. The molecule has 0 radical (unpaired) electrons. The summed E-state index contributed by atoms with van der Waals surface area (Å²) in [5, 5.41) is 0.560. The summed E-state index contributed by atoms with van der Waals surface area (Å²) in [6.07, 6.45) is 12.2. The number of carbonyl (C=O) groups excluding carboxylic acids is 3. The second kappa shape index (κ2) is 22.3. The summed E-state index contributed by atoms with van der Waals surface area (Å²) in [5.74, 6) is -0.282. The van der Waals surface area contributed by atoms with Crippen molar-refractivity contribution in [1.82, 2.24) is 5.06 Å². The maximum Gasteiger partial charge on any atom is 0.333 e. The Bertz CT molecular complexity index is 2670. The van der Waals surface area contributed by atoms with Crippen LogP contribution in [0, 0.1) is 0 Å². The van der Waals surface area contributed by atoms with E-state index in [1.165, 1.54) is 12.1 Å². The Morgan fingerprint density at radius 2 is 1.54 bits per heavy atom. The van der Waals surface area contributed by atoms with Crippen LogP contribution in [0.15, 0.2) is 95.9 Å². The number of nitrogens with zero attached hydrogens (tertiary/aromatic N) is 3. The second-order valence-corrected chi connectivity index (χ2v) is 19.8. The fraction of sp³-hybridized carbons (Fsp3) is 0.434. The zero-order valence-corrected chi connectivity index (χ0v) is 41.2. The molecular weight excluding hydrogens is 903 g/mol. The summed E-state index contributed by atoms with van der Waals surface area (Å²) in [4.78, 5) is 43.4. The number of amides is 2. The van der Waals surface area contributed by atoms with Crippen LogP contribution in [0.3, 0.4) is 0 Å². The molecule has 16 heteroatoms. The molecule has 0 saturated carbocycles. The van der Waals surface area contributed by atoms with Crippen LogP contribution in [0.2, 0.25) is 0 Å². The summed E-state index contributed by atoms with van der Waals surface area (Å²) in [7, 11) is -3.07. The predicted molar refractivity (Wildman–Crippen MR) is 261 cm³/mol. The number of hydroxylamine groups is 2. The highest BCUT2D eigenvalue weighted by atomic mass is 32.2. The Hall–Kier alpha value is -5.75. The van der Waals surface area contributed by atoms with Gasteiger partial charge >= 0.3 is 5.97 Å². The average molecular weight is 966 g/mol. The van der Waals surface area contributed by atoms with Crippen LogP contribution in [0.1, 0.15) is 95.4 Å². The largest absolute Gasteiger partial charge is 0.744 e. The van der Waals surface area contributed by atoms with Crippen LogP contribution in [-0.4, -0.2) is 118 Å². The molecule has 0 N–H and O–H groups in total. The third-order valence-corrected chi connectivity index (χ3v) is 13.6. The number of hydrogen-bond acceptors (Lipinski definition) is 13. The summed E-state index contributed by atoms with van der Waals surface area (Å²) in [6.45, 7) is 15.2. The molecule has 7 rings (SSSR count). The van der Waals surface area contributed by atoms with E-state index in [-0.39, 0.29) is 29.7 Å². The number of rotatable bonds is 23. The second-order valence-electron chi connectivity index (χ2n) is 18.4. The van der Waals surface area contributed by atoms with E-state index in [2.05, 4.69) is 54.5 Å². The summed E-state index contributed by atoms with van der Waals surface area (Å²) < 4.78 is 67.7. The van der Waals surface area contributed by atoms with Gasteiger partial charge in [0.1, 0.15) is 28.2 Å². The molecule has 4 heterocycles. The number of ether oxygens (including phenoxy) is 5. The maximum atomic E-state index is 12.5. The van der Waals surface area contributed by atoms with Crippen molar-refractivity contribution in [2.75, 3.05) is 71.3 Å². The van der Waals surface area contributed by atoms with Crippen molar-refractivity contribution < 1.29 is 60.5 Å². The van der Waals surface area contributed by atoms with E-state index in [0.29, 0.717) is 101 Å². The van der Waals surface area contributed by atoms with Gasteiger partial charge in [-0.3, -0.25) is 9.59 Å². The first kappa shape index (κ1) is 51.1. The fourth-order valence-electron chi connectivity index (χ4n) is 9.23. The smallest absolute Gasteiger partial charge is 0.333 e. The molecule has 2 amide bonds. The topological polar surface area (TPSA) is 173 Å². The fourth-order valence-corrected chi connectivity index (χ4v) is 9.72. The van der Waals surface area contributed by atoms with Gasteiger partial charge in [0.25, 0.3) is 11.8 Å². The van der Waals surface area contributed by atoms with Gasteiger partial charge in [-0.25, -0.2) is 13.2 Å². The maximum absolute atomic E-state index is 12.5. The molecule has 0 aliphatic carbocycles. The van der Waals surface area contributed by atoms with Gasteiger partial charge in [-0.05, 0) is 82.9 Å². The number of hydrogen-bond donors (Lipinski definition) is 0. The Labute approximate surface area is 405 Å². The van der Waals surface area contributed by atoms with E-state index in [9.17, 15) is 27.4 Å². The highest BCUT2D eigenvalue weighted by molar-refractivity contribution is 7.85. The lowest BCUT2D eigenvalue weighted by molar-refractivity contribution is -0.438. The van der Waals surface area contributed by atoms with Crippen LogP contribution in [0.25, 0.3) is 16.9 Å². The number of allylic oxidation sites excluding steroid dienone is 6. The minimum absolute atomic E-state index is 0.0271. The van der Waals surface area contributed by atoms with E-state index in [1.807, 2.05) is 62.4 Å². The summed E-state index contributed by atoms with van der Waals surface area (Å²) in [5.41, 5.74) is 7.41. The molecule has 0 bridgehead atoms. The summed E-state index contributed by atoms with van der Waals surface area (Å²) >= 11 is 0. The first-order chi connectivity index (χ1) is 33.0. The molecule has 4 aliphatic heterocycles. The molecule has 368 valence electrons. The molecule has 0 unspecified atom stereocenters. The van der Waals surface area contributed by atoms with Gasteiger partial charge in [0.2, 0.25) is 5.69 Å². The van der Waals surface area contributed by atoms with Crippen molar-refractivity contribution in [3.8, 4) is 5.75 Å². The van der Waals surface area contributed by atoms with Crippen molar-refractivity contribution in [2.24, 2.45) is 0 Å². The molecule has 1 saturated heterocycles. The van der Waals surface area contributed by atoms with E-state index in [4.69, 9.17) is 28.5 Å². The Morgan fingerprint density at radius 1 is 0.855 bits per heavy atom. The summed E-state index contributed by atoms with van der Waals surface area (Å²) in [6, 6.07) is 18.8. The molecule has 3 aromatic carbocycles. The van der Waals surface area contributed by atoms with Gasteiger partial charge in [-0.15, -0.1) is 5.06 Å². The molecular formula is C53H63N3O12S. The van der Waals surface area contributed by atoms with Gasteiger partial charge in [-0.2, -0.15) is 4.58 Å². The predicted octanol–water partition coefficient (Wildman–Crippen LogP) is 7.91. The van der Waals surface area contributed by atoms with Crippen LogP contribution < -0.4 is 9.64 Å². The van der Waals surface area contributed by atoms with Crippen LogP contribution in [-0.2, 0) is 53.7 Å². The molecule has 0 spiro atoms. The van der Waals surface area contributed by atoms with Gasteiger partial charge in [0.15, 0.2) is 5.71 Å². The lowest BCUT2D eigenvalue weighted by atomic mass is 9.81.